The Balaban J connectivity index is 2.40. The van der Waals surface area contributed by atoms with E-state index in [0.717, 1.165) is 5.56 Å². The summed E-state index contributed by atoms with van der Waals surface area (Å²) in [6.07, 6.45) is 0.687. The van der Waals surface area contributed by atoms with Gasteiger partial charge in [-0.2, -0.15) is 0 Å². The molecule has 0 radical (unpaired) electrons. The van der Waals surface area contributed by atoms with Crippen molar-refractivity contribution in [2.75, 3.05) is 0 Å². The lowest BCUT2D eigenvalue weighted by Gasteiger charge is -2.09. The SMILES string of the molecule is O=C(O)C1(c2ccccc2)CC1Br. The summed E-state index contributed by atoms with van der Waals surface area (Å²) in [6.45, 7) is 0. The smallest absolute Gasteiger partial charge is 0.315 e. The summed E-state index contributed by atoms with van der Waals surface area (Å²) < 4.78 is 0. The number of carboxylic acid groups (broad SMARTS) is 1. The number of benzene rings is 1. The van der Waals surface area contributed by atoms with Crippen molar-refractivity contribution in [1.29, 1.82) is 0 Å². The topological polar surface area (TPSA) is 37.3 Å². The van der Waals surface area contributed by atoms with Crippen LogP contribution in [0.4, 0.5) is 0 Å². The van der Waals surface area contributed by atoms with Crippen molar-refractivity contribution >= 4 is 21.9 Å². The maximum absolute atomic E-state index is 11.1. The third-order valence-corrected chi connectivity index (χ3v) is 3.65. The molecule has 1 saturated carbocycles. The van der Waals surface area contributed by atoms with Crippen molar-refractivity contribution in [3.63, 3.8) is 0 Å². The number of alkyl halides is 1. The van der Waals surface area contributed by atoms with Gasteiger partial charge in [-0.1, -0.05) is 46.3 Å². The van der Waals surface area contributed by atoms with Crippen LogP contribution in [-0.4, -0.2) is 15.9 Å². The highest BCUT2D eigenvalue weighted by Crippen LogP contribution is 2.53. The van der Waals surface area contributed by atoms with Gasteiger partial charge < -0.3 is 5.11 Å². The summed E-state index contributed by atoms with van der Waals surface area (Å²) in [6, 6.07) is 9.38. The third-order valence-electron chi connectivity index (χ3n) is 2.55. The Bertz CT molecular complexity index is 336. The van der Waals surface area contributed by atoms with Gasteiger partial charge in [-0.25, -0.2) is 0 Å². The van der Waals surface area contributed by atoms with Gasteiger partial charge in [0.15, 0.2) is 0 Å². The van der Waals surface area contributed by atoms with Crippen LogP contribution >= 0.6 is 15.9 Å². The molecule has 1 fully saturated rings. The molecule has 0 aliphatic heterocycles. The van der Waals surface area contributed by atoms with E-state index in [1.54, 1.807) is 0 Å². The van der Waals surface area contributed by atoms with Gasteiger partial charge in [-0.05, 0) is 12.0 Å². The minimum absolute atomic E-state index is 0.0832. The summed E-state index contributed by atoms with van der Waals surface area (Å²) in [4.78, 5) is 11.1. The average molecular weight is 241 g/mol. The van der Waals surface area contributed by atoms with Crippen molar-refractivity contribution in [1.82, 2.24) is 0 Å². The lowest BCUT2D eigenvalue weighted by Crippen LogP contribution is -2.22. The van der Waals surface area contributed by atoms with E-state index < -0.39 is 11.4 Å². The van der Waals surface area contributed by atoms with Crippen LogP contribution in [0.2, 0.25) is 0 Å². The van der Waals surface area contributed by atoms with E-state index in [2.05, 4.69) is 15.9 Å². The molecule has 1 aromatic rings. The van der Waals surface area contributed by atoms with Gasteiger partial charge in [0.1, 0.15) is 5.41 Å². The Labute approximate surface area is 84.7 Å². The molecule has 0 heterocycles. The molecular formula is C10H9BrO2. The fraction of sp³-hybridized carbons (Fsp3) is 0.300. The normalized spacial score (nSPS) is 31.3. The van der Waals surface area contributed by atoms with E-state index in [9.17, 15) is 4.79 Å². The van der Waals surface area contributed by atoms with Crippen LogP contribution in [0.5, 0.6) is 0 Å². The highest BCUT2D eigenvalue weighted by Gasteiger charge is 2.60. The van der Waals surface area contributed by atoms with Gasteiger partial charge in [0.2, 0.25) is 0 Å². The monoisotopic (exact) mass is 240 g/mol. The lowest BCUT2D eigenvalue weighted by atomic mass is 9.96. The fourth-order valence-corrected chi connectivity index (χ4v) is 2.57. The van der Waals surface area contributed by atoms with E-state index >= 15 is 0 Å². The first-order chi connectivity index (χ1) is 6.18. The van der Waals surface area contributed by atoms with Gasteiger partial charge in [-0.3, -0.25) is 4.79 Å². The second-order valence-corrected chi connectivity index (χ2v) is 4.42. The van der Waals surface area contributed by atoms with E-state index in [-0.39, 0.29) is 4.83 Å². The fourth-order valence-electron chi connectivity index (χ4n) is 1.60. The van der Waals surface area contributed by atoms with Crippen molar-refractivity contribution in [2.24, 2.45) is 0 Å². The molecular weight excluding hydrogens is 232 g/mol. The Morgan fingerprint density at radius 2 is 2.00 bits per heavy atom. The zero-order valence-corrected chi connectivity index (χ0v) is 8.49. The molecule has 0 aromatic heterocycles. The predicted octanol–water partition coefficient (Wildman–Crippen LogP) is 2.18. The van der Waals surface area contributed by atoms with Gasteiger partial charge >= 0.3 is 5.97 Å². The molecule has 2 atom stereocenters. The van der Waals surface area contributed by atoms with Crippen LogP contribution in [0.25, 0.3) is 0 Å². The third kappa shape index (κ3) is 1.18. The van der Waals surface area contributed by atoms with Crippen LogP contribution in [0, 0.1) is 0 Å². The molecule has 13 heavy (non-hydrogen) atoms. The summed E-state index contributed by atoms with van der Waals surface area (Å²) in [7, 11) is 0. The zero-order valence-electron chi connectivity index (χ0n) is 6.90. The average Bonchev–Trinajstić information content (AvgIpc) is 2.80. The molecule has 2 nitrogen and oxygen atoms in total. The molecule has 0 saturated heterocycles. The maximum atomic E-state index is 11.1. The first-order valence-electron chi connectivity index (χ1n) is 4.11. The van der Waals surface area contributed by atoms with Crippen molar-refractivity contribution < 1.29 is 9.90 Å². The predicted molar refractivity (Wildman–Crippen MR) is 53.1 cm³/mol. The number of carbonyl (C=O) groups is 1. The van der Waals surface area contributed by atoms with Gasteiger partial charge in [0.25, 0.3) is 0 Å². The molecule has 1 N–H and O–H groups in total. The zero-order chi connectivity index (χ0) is 9.47. The van der Waals surface area contributed by atoms with Gasteiger partial charge in [0, 0.05) is 4.83 Å². The van der Waals surface area contributed by atoms with Crippen molar-refractivity contribution in [3.05, 3.63) is 35.9 Å². The quantitative estimate of drug-likeness (QED) is 0.805. The number of aliphatic carboxylic acids is 1. The van der Waals surface area contributed by atoms with Gasteiger partial charge in [-0.15, -0.1) is 0 Å². The summed E-state index contributed by atoms with van der Waals surface area (Å²) >= 11 is 3.36. The minimum atomic E-state index is -0.736. The van der Waals surface area contributed by atoms with Crippen LogP contribution in [0.3, 0.4) is 0 Å². The molecule has 68 valence electrons. The first kappa shape index (κ1) is 8.75. The minimum Gasteiger partial charge on any atom is -0.481 e. The number of hydrogen-bond donors (Lipinski definition) is 1. The van der Waals surface area contributed by atoms with E-state index in [0.29, 0.717) is 6.42 Å². The summed E-state index contributed by atoms with van der Waals surface area (Å²) in [5, 5.41) is 9.10. The molecule has 3 heteroatoms. The molecule has 0 bridgehead atoms. The van der Waals surface area contributed by atoms with Crippen molar-refractivity contribution in [3.8, 4) is 0 Å². The molecule has 2 unspecified atom stereocenters. The highest BCUT2D eigenvalue weighted by molar-refractivity contribution is 9.09. The first-order valence-corrected chi connectivity index (χ1v) is 5.02. The standard InChI is InChI=1S/C10H9BrO2/c11-8-6-10(8,9(12)13)7-4-2-1-3-5-7/h1-5,8H,6H2,(H,12,13). The molecule has 2 rings (SSSR count). The second kappa shape index (κ2) is 2.84. The highest BCUT2D eigenvalue weighted by atomic mass is 79.9. The van der Waals surface area contributed by atoms with E-state index in [1.807, 2.05) is 30.3 Å². The molecule has 1 aliphatic carbocycles. The number of rotatable bonds is 2. The Morgan fingerprint density at radius 3 is 2.38 bits per heavy atom. The molecule has 0 spiro atoms. The molecule has 1 aliphatic rings. The molecule has 0 amide bonds. The lowest BCUT2D eigenvalue weighted by molar-refractivity contribution is -0.139. The number of carboxylic acids is 1. The van der Waals surface area contributed by atoms with Gasteiger partial charge in [0.05, 0.1) is 0 Å². The second-order valence-electron chi connectivity index (χ2n) is 3.31. The number of halogens is 1. The van der Waals surface area contributed by atoms with E-state index in [1.165, 1.54) is 0 Å². The maximum Gasteiger partial charge on any atom is 0.315 e. The van der Waals surface area contributed by atoms with Crippen LogP contribution in [0.15, 0.2) is 30.3 Å². The summed E-state index contributed by atoms with van der Waals surface area (Å²) in [5.74, 6) is -0.736. The van der Waals surface area contributed by atoms with Crippen molar-refractivity contribution in [2.45, 2.75) is 16.7 Å². The molecule has 1 aromatic carbocycles. The summed E-state index contributed by atoms with van der Waals surface area (Å²) in [5.41, 5.74) is 0.228. The van der Waals surface area contributed by atoms with Crippen LogP contribution in [0.1, 0.15) is 12.0 Å². The Morgan fingerprint density at radius 1 is 1.46 bits per heavy atom. The number of hydrogen-bond acceptors (Lipinski definition) is 1. The van der Waals surface area contributed by atoms with E-state index in [4.69, 9.17) is 5.11 Å². The Hall–Kier alpha value is -0.830. The van der Waals surface area contributed by atoms with Crippen LogP contribution < -0.4 is 0 Å². The van der Waals surface area contributed by atoms with Crippen LogP contribution in [-0.2, 0) is 10.2 Å². The largest absolute Gasteiger partial charge is 0.481 e. The Kier molecular flexibility index (Phi) is 1.91.